The fourth-order valence-corrected chi connectivity index (χ4v) is 3.11. The molecule has 0 heterocycles. The molecule has 0 saturated heterocycles. The van der Waals surface area contributed by atoms with Crippen LogP contribution in [-0.4, -0.2) is 23.8 Å². The van der Waals surface area contributed by atoms with Gasteiger partial charge in [-0.05, 0) is 41.9 Å². The predicted octanol–water partition coefficient (Wildman–Crippen LogP) is 4.05. The van der Waals surface area contributed by atoms with E-state index in [9.17, 15) is 9.90 Å². The zero-order valence-electron chi connectivity index (χ0n) is 14.6. The summed E-state index contributed by atoms with van der Waals surface area (Å²) in [5.41, 5.74) is 2.10. The van der Waals surface area contributed by atoms with E-state index in [-0.39, 0.29) is 11.4 Å². The second-order valence-corrected chi connectivity index (χ2v) is 7.63. The van der Waals surface area contributed by atoms with Crippen LogP contribution in [0.2, 0.25) is 0 Å². The molecule has 0 bridgehead atoms. The van der Waals surface area contributed by atoms with Crippen LogP contribution in [0.15, 0.2) is 24.3 Å². The van der Waals surface area contributed by atoms with Crippen molar-refractivity contribution in [3.8, 4) is 0 Å². The van der Waals surface area contributed by atoms with Crippen LogP contribution in [0.25, 0.3) is 0 Å². The Hall–Kier alpha value is -1.55. The molecule has 0 aromatic heterocycles. The van der Waals surface area contributed by atoms with E-state index in [1.165, 1.54) is 24.8 Å². The summed E-state index contributed by atoms with van der Waals surface area (Å²) in [5, 5.41) is 15.8. The average molecular weight is 318 g/mol. The van der Waals surface area contributed by atoms with Gasteiger partial charge in [0, 0.05) is 12.2 Å². The van der Waals surface area contributed by atoms with Gasteiger partial charge in [0.15, 0.2) is 0 Å². The summed E-state index contributed by atoms with van der Waals surface area (Å²) < 4.78 is 0. The minimum Gasteiger partial charge on any atom is -0.391 e. The fourth-order valence-electron chi connectivity index (χ4n) is 3.11. The molecule has 1 fully saturated rings. The van der Waals surface area contributed by atoms with Crippen molar-refractivity contribution < 1.29 is 9.90 Å². The summed E-state index contributed by atoms with van der Waals surface area (Å²) in [6, 6.07) is 7.64. The second kappa shape index (κ2) is 7.82. The molecule has 1 aromatic carbocycles. The highest BCUT2D eigenvalue weighted by Crippen LogP contribution is 2.26. The van der Waals surface area contributed by atoms with Crippen molar-refractivity contribution >= 4 is 11.7 Å². The normalized spacial score (nSPS) is 17.6. The number of urea groups is 1. The smallest absolute Gasteiger partial charge is 0.319 e. The Labute approximate surface area is 139 Å². The number of nitrogens with one attached hydrogen (secondary N) is 2. The van der Waals surface area contributed by atoms with Gasteiger partial charge in [0.25, 0.3) is 0 Å². The van der Waals surface area contributed by atoms with E-state index in [0.29, 0.717) is 12.5 Å². The van der Waals surface area contributed by atoms with Gasteiger partial charge in [0.1, 0.15) is 0 Å². The summed E-state index contributed by atoms with van der Waals surface area (Å²) in [5.74, 6) is 0.329. The molecule has 4 heteroatoms. The van der Waals surface area contributed by atoms with Gasteiger partial charge in [-0.2, -0.15) is 0 Å². The zero-order valence-corrected chi connectivity index (χ0v) is 14.6. The van der Waals surface area contributed by atoms with Gasteiger partial charge >= 0.3 is 6.03 Å². The molecule has 1 atom stereocenters. The van der Waals surface area contributed by atoms with E-state index in [1.54, 1.807) is 0 Å². The Morgan fingerprint density at radius 3 is 2.35 bits per heavy atom. The van der Waals surface area contributed by atoms with Crippen LogP contribution in [0.4, 0.5) is 10.5 Å². The largest absolute Gasteiger partial charge is 0.391 e. The maximum Gasteiger partial charge on any atom is 0.319 e. The molecule has 3 N–H and O–H groups in total. The van der Waals surface area contributed by atoms with Gasteiger partial charge < -0.3 is 15.7 Å². The summed E-state index contributed by atoms with van der Waals surface area (Å²) in [4.78, 5) is 11.9. The van der Waals surface area contributed by atoms with E-state index in [0.717, 1.165) is 18.5 Å². The van der Waals surface area contributed by atoms with Crippen LogP contribution >= 0.6 is 0 Å². The standard InChI is InChI=1S/C19H30N2O2/c1-19(2,3)15-9-11-16(12-10-15)21-18(23)20-13-17(22)14-7-5-4-6-8-14/h9-12,14,17,22H,4-8,13H2,1-3H3,(H2,20,21,23)/t17-/m0/s1. The maximum atomic E-state index is 11.9. The lowest BCUT2D eigenvalue weighted by Gasteiger charge is -2.26. The van der Waals surface area contributed by atoms with Crippen molar-refractivity contribution in [3.05, 3.63) is 29.8 Å². The number of amides is 2. The Balaban J connectivity index is 1.78. The molecule has 0 aliphatic heterocycles. The van der Waals surface area contributed by atoms with Crippen LogP contribution in [0, 0.1) is 5.92 Å². The van der Waals surface area contributed by atoms with Gasteiger partial charge in [-0.25, -0.2) is 4.79 Å². The molecule has 128 valence electrons. The van der Waals surface area contributed by atoms with Crippen molar-refractivity contribution in [2.45, 2.75) is 64.4 Å². The summed E-state index contributed by atoms with van der Waals surface area (Å²) in [7, 11) is 0. The van der Waals surface area contributed by atoms with E-state index in [4.69, 9.17) is 0 Å². The maximum absolute atomic E-state index is 11.9. The number of aliphatic hydroxyl groups excluding tert-OH is 1. The van der Waals surface area contributed by atoms with Crippen molar-refractivity contribution in [1.29, 1.82) is 0 Å². The predicted molar refractivity (Wildman–Crippen MR) is 94.7 cm³/mol. The van der Waals surface area contributed by atoms with Crippen LogP contribution < -0.4 is 10.6 Å². The molecule has 1 aliphatic rings. The SMILES string of the molecule is CC(C)(C)c1ccc(NC(=O)NC[C@H](O)C2CCCCC2)cc1. The van der Waals surface area contributed by atoms with Gasteiger partial charge in [-0.1, -0.05) is 52.2 Å². The van der Waals surface area contributed by atoms with Crippen LogP contribution in [0.5, 0.6) is 0 Å². The molecular formula is C19H30N2O2. The van der Waals surface area contributed by atoms with E-state index in [1.807, 2.05) is 24.3 Å². The van der Waals surface area contributed by atoms with E-state index >= 15 is 0 Å². The first-order valence-electron chi connectivity index (χ1n) is 8.70. The lowest BCUT2D eigenvalue weighted by atomic mass is 9.85. The number of hydrogen-bond acceptors (Lipinski definition) is 2. The third kappa shape index (κ3) is 5.54. The number of anilines is 1. The molecular weight excluding hydrogens is 288 g/mol. The Bertz CT molecular complexity index is 499. The molecule has 1 aromatic rings. The minimum atomic E-state index is -0.440. The molecule has 0 spiro atoms. The first-order chi connectivity index (χ1) is 10.9. The van der Waals surface area contributed by atoms with E-state index < -0.39 is 6.10 Å². The molecule has 0 unspecified atom stereocenters. The third-order valence-electron chi connectivity index (χ3n) is 4.67. The summed E-state index contributed by atoms with van der Waals surface area (Å²) >= 11 is 0. The first kappa shape index (κ1) is 17.8. The Kier molecular flexibility index (Phi) is 6.05. The topological polar surface area (TPSA) is 61.4 Å². The van der Waals surface area contributed by atoms with E-state index in [2.05, 4.69) is 31.4 Å². The van der Waals surface area contributed by atoms with Crippen LogP contribution in [0.1, 0.15) is 58.4 Å². The average Bonchev–Trinajstić information content (AvgIpc) is 2.53. The minimum absolute atomic E-state index is 0.102. The fraction of sp³-hybridized carbons (Fsp3) is 0.632. The quantitative estimate of drug-likeness (QED) is 0.784. The number of carbonyl (C=O) groups is 1. The van der Waals surface area contributed by atoms with Crippen LogP contribution in [-0.2, 0) is 5.41 Å². The Morgan fingerprint density at radius 2 is 1.78 bits per heavy atom. The summed E-state index contributed by atoms with van der Waals surface area (Å²) in [6.07, 6.45) is 5.34. The van der Waals surface area contributed by atoms with Gasteiger partial charge in [0.2, 0.25) is 0 Å². The number of aliphatic hydroxyl groups is 1. The molecule has 4 nitrogen and oxygen atoms in total. The lowest BCUT2D eigenvalue weighted by molar-refractivity contribution is 0.0863. The first-order valence-corrected chi connectivity index (χ1v) is 8.70. The highest BCUT2D eigenvalue weighted by atomic mass is 16.3. The van der Waals surface area contributed by atoms with Crippen molar-refractivity contribution in [2.75, 3.05) is 11.9 Å². The van der Waals surface area contributed by atoms with Gasteiger partial charge in [-0.15, -0.1) is 0 Å². The molecule has 1 aliphatic carbocycles. The zero-order chi connectivity index (χ0) is 16.9. The lowest BCUT2D eigenvalue weighted by Crippen LogP contribution is -2.39. The van der Waals surface area contributed by atoms with Gasteiger partial charge in [0.05, 0.1) is 6.10 Å². The Morgan fingerprint density at radius 1 is 1.17 bits per heavy atom. The second-order valence-electron chi connectivity index (χ2n) is 7.63. The third-order valence-corrected chi connectivity index (χ3v) is 4.67. The number of rotatable bonds is 4. The van der Waals surface area contributed by atoms with Crippen molar-refractivity contribution in [3.63, 3.8) is 0 Å². The van der Waals surface area contributed by atoms with Crippen LogP contribution in [0.3, 0.4) is 0 Å². The highest BCUT2D eigenvalue weighted by molar-refractivity contribution is 5.89. The van der Waals surface area contributed by atoms with Gasteiger partial charge in [-0.3, -0.25) is 0 Å². The molecule has 1 saturated carbocycles. The highest BCUT2D eigenvalue weighted by Gasteiger charge is 2.22. The monoisotopic (exact) mass is 318 g/mol. The molecule has 0 radical (unpaired) electrons. The molecule has 2 amide bonds. The number of hydrogen-bond donors (Lipinski definition) is 3. The molecule has 23 heavy (non-hydrogen) atoms. The van der Waals surface area contributed by atoms with Crippen molar-refractivity contribution in [1.82, 2.24) is 5.32 Å². The number of benzene rings is 1. The summed E-state index contributed by atoms with van der Waals surface area (Å²) in [6.45, 7) is 6.80. The molecule has 2 rings (SSSR count). The number of carbonyl (C=O) groups excluding carboxylic acids is 1. The van der Waals surface area contributed by atoms with Crippen molar-refractivity contribution in [2.24, 2.45) is 5.92 Å².